The molecule has 0 spiro atoms. The number of nitrogens with zero attached hydrogens (tertiary/aromatic N) is 1. The molecule has 1 aromatic carbocycles. The van der Waals surface area contributed by atoms with Gasteiger partial charge in [0, 0.05) is 18.7 Å². The third-order valence-corrected chi connectivity index (χ3v) is 5.41. The summed E-state index contributed by atoms with van der Waals surface area (Å²) in [4.78, 5) is 2.52. The molecule has 0 aromatic heterocycles. The average molecular weight is 312 g/mol. The van der Waals surface area contributed by atoms with E-state index in [9.17, 15) is 8.42 Å². The van der Waals surface area contributed by atoms with Crippen LogP contribution in [0.15, 0.2) is 23.1 Å². The third kappa shape index (κ3) is 3.14. The first kappa shape index (κ1) is 14.6. The first-order chi connectivity index (χ1) is 10.1. The summed E-state index contributed by atoms with van der Waals surface area (Å²) in [6, 6.07) is 4.87. The average Bonchev–Trinajstić information content (AvgIpc) is 3.14. The molecule has 3 rings (SSSR count). The van der Waals surface area contributed by atoms with Gasteiger partial charge in [0.25, 0.3) is 0 Å². The van der Waals surface area contributed by atoms with Gasteiger partial charge in [-0.15, -0.1) is 0 Å². The Morgan fingerprint density at radius 2 is 1.95 bits per heavy atom. The van der Waals surface area contributed by atoms with Crippen LogP contribution in [-0.2, 0) is 10.0 Å². The Morgan fingerprint density at radius 1 is 1.24 bits per heavy atom. The SMILES string of the molecule is C[C@H](CNS(=O)(=O)c1ccc2c(c1)OCO2)N1CCCC1. The van der Waals surface area contributed by atoms with Crippen molar-refractivity contribution in [1.29, 1.82) is 0 Å². The Morgan fingerprint density at radius 3 is 2.71 bits per heavy atom. The Hall–Kier alpha value is -1.31. The van der Waals surface area contributed by atoms with Crippen molar-refractivity contribution in [3.63, 3.8) is 0 Å². The number of hydrogen-bond donors (Lipinski definition) is 1. The van der Waals surface area contributed by atoms with E-state index in [2.05, 4.69) is 9.62 Å². The van der Waals surface area contributed by atoms with Gasteiger partial charge in [-0.1, -0.05) is 0 Å². The van der Waals surface area contributed by atoms with Crippen LogP contribution >= 0.6 is 0 Å². The minimum absolute atomic E-state index is 0.137. The lowest BCUT2D eigenvalue weighted by Crippen LogP contribution is -2.40. The van der Waals surface area contributed by atoms with Crippen molar-refractivity contribution in [3.8, 4) is 11.5 Å². The summed E-state index contributed by atoms with van der Waals surface area (Å²) < 4.78 is 37.7. The summed E-state index contributed by atoms with van der Waals surface area (Å²) in [5.41, 5.74) is 0. The smallest absolute Gasteiger partial charge is 0.240 e. The summed E-state index contributed by atoms with van der Waals surface area (Å²) in [6.45, 7) is 4.70. The quantitative estimate of drug-likeness (QED) is 0.884. The van der Waals surface area contributed by atoms with Gasteiger partial charge in [-0.3, -0.25) is 4.90 Å². The third-order valence-electron chi connectivity index (χ3n) is 3.99. The fourth-order valence-corrected chi connectivity index (χ4v) is 3.81. The molecule has 1 fully saturated rings. The normalized spacial score (nSPS) is 19.9. The highest BCUT2D eigenvalue weighted by molar-refractivity contribution is 7.89. The molecule has 21 heavy (non-hydrogen) atoms. The molecule has 1 aromatic rings. The number of sulfonamides is 1. The Labute approximate surface area is 125 Å². The maximum atomic E-state index is 12.3. The highest BCUT2D eigenvalue weighted by Gasteiger charge is 2.23. The topological polar surface area (TPSA) is 67.9 Å². The molecule has 2 heterocycles. The van der Waals surface area contributed by atoms with Gasteiger partial charge in [0.05, 0.1) is 4.90 Å². The van der Waals surface area contributed by atoms with Gasteiger partial charge in [-0.05, 0) is 45.0 Å². The van der Waals surface area contributed by atoms with Crippen molar-refractivity contribution in [1.82, 2.24) is 9.62 Å². The van der Waals surface area contributed by atoms with Crippen LogP contribution in [0.5, 0.6) is 11.5 Å². The molecule has 1 N–H and O–H groups in total. The van der Waals surface area contributed by atoms with Crippen LogP contribution in [0.2, 0.25) is 0 Å². The number of likely N-dealkylation sites (tertiary alicyclic amines) is 1. The number of rotatable bonds is 5. The lowest BCUT2D eigenvalue weighted by Gasteiger charge is -2.23. The van der Waals surface area contributed by atoms with Crippen LogP contribution in [0.1, 0.15) is 19.8 Å². The number of benzene rings is 1. The first-order valence-corrected chi connectivity index (χ1v) is 8.68. The van der Waals surface area contributed by atoms with Crippen molar-refractivity contribution in [2.45, 2.75) is 30.7 Å². The van der Waals surface area contributed by atoms with Gasteiger partial charge in [0.2, 0.25) is 16.8 Å². The van der Waals surface area contributed by atoms with Gasteiger partial charge in [0.1, 0.15) is 0 Å². The second-order valence-corrected chi connectivity index (χ2v) is 7.23. The molecule has 116 valence electrons. The zero-order valence-corrected chi connectivity index (χ0v) is 12.9. The largest absolute Gasteiger partial charge is 0.454 e. The number of nitrogens with one attached hydrogen (secondary N) is 1. The van der Waals surface area contributed by atoms with E-state index in [1.165, 1.54) is 25.0 Å². The standard InChI is InChI=1S/C14H20N2O4S/c1-11(16-6-2-3-7-16)9-15-21(17,18)12-4-5-13-14(8-12)20-10-19-13/h4-5,8,11,15H,2-3,6-7,9-10H2,1H3/t11-/m1/s1. The Kier molecular flexibility index (Phi) is 4.05. The van der Waals surface area contributed by atoms with Gasteiger partial charge in [-0.25, -0.2) is 13.1 Å². The molecule has 0 amide bonds. The van der Waals surface area contributed by atoms with Crippen LogP contribution < -0.4 is 14.2 Å². The highest BCUT2D eigenvalue weighted by Crippen LogP contribution is 2.33. The maximum Gasteiger partial charge on any atom is 0.240 e. The van der Waals surface area contributed by atoms with Gasteiger partial charge >= 0.3 is 0 Å². The molecule has 0 radical (unpaired) electrons. The van der Waals surface area contributed by atoms with E-state index in [1.807, 2.05) is 6.92 Å². The minimum Gasteiger partial charge on any atom is -0.454 e. The molecule has 1 saturated heterocycles. The number of hydrogen-bond acceptors (Lipinski definition) is 5. The molecule has 2 aliphatic heterocycles. The molecule has 1 atom stereocenters. The Balaban J connectivity index is 1.66. The number of fused-ring (bicyclic) bond motifs is 1. The van der Waals surface area contributed by atoms with Crippen LogP contribution in [-0.4, -0.2) is 45.8 Å². The summed E-state index contributed by atoms with van der Waals surface area (Å²) in [6.07, 6.45) is 2.39. The van der Waals surface area contributed by atoms with E-state index in [4.69, 9.17) is 9.47 Å². The molecule has 0 saturated carbocycles. The fraction of sp³-hybridized carbons (Fsp3) is 0.571. The van der Waals surface area contributed by atoms with Crippen molar-refractivity contribution >= 4 is 10.0 Å². The second-order valence-electron chi connectivity index (χ2n) is 5.46. The van der Waals surface area contributed by atoms with Gasteiger partial charge in [-0.2, -0.15) is 0 Å². The second kappa shape index (κ2) is 5.82. The Bertz CT molecular complexity index is 611. The van der Waals surface area contributed by atoms with Crippen LogP contribution in [0.3, 0.4) is 0 Å². The van der Waals surface area contributed by atoms with E-state index in [0.29, 0.717) is 18.0 Å². The zero-order valence-electron chi connectivity index (χ0n) is 12.0. The zero-order chi connectivity index (χ0) is 14.9. The molecule has 2 aliphatic rings. The fourth-order valence-electron chi connectivity index (χ4n) is 2.67. The monoisotopic (exact) mass is 312 g/mol. The van der Waals surface area contributed by atoms with Crippen molar-refractivity contribution in [2.24, 2.45) is 0 Å². The van der Waals surface area contributed by atoms with Gasteiger partial charge in [0.15, 0.2) is 11.5 Å². The van der Waals surface area contributed by atoms with E-state index >= 15 is 0 Å². The summed E-state index contributed by atoms with van der Waals surface area (Å²) in [5, 5.41) is 0. The molecular weight excluding hydrogens is 292 g/mol. The predicted octanol–water partition coefficient (Wildman–Crippen LogP) is 1.18. The minimum atomic E-state index is -3.52. The summed E-state index contributed by atoms with van der Waals surface area (Å²) in [7, 11) is -3.52. The summed E-state index contributed by atoms with van der Waals surface area (Å²) >= 11 is 0. The predicted molar refractivity (Wildman–Crippen MR) is 78.0 cm³/mol. The van der Waals surface area contributed by atoms with Crippen molar-refractivity contribution in [2.75, 3.05) is 26.4 Å². The molecule has 0 aliphatic carbocycles. The van der Waals surface area contributed by atoms with Crippen LogP contribution in [0, 0.1) is 0 Å². The van der Waals surface area contributed by atoms with Gasteiger partial charge < -0.3 is 9.47 Å². The maximum absolute atomic E-state index is 12.3. The molecular formula is C14H20N2O4S. The lowest BCUT2D eigenvalue weighted by atomic mass is 10.3. The van der Waals surface area contributed by atoms with Crippen molar-refractivity contribution in [3.05, 3.63) is 18.2 Å². The molecule has 0 unspecified atom stereocenters. The van der Waals surface area contributed by atoms with E-state index < -0.39 is 10.0 Å². The number of ether oxygens (including phenoxy) is 2. The van der Waals surface area contributed by atoms with Crippen LogP contribution in [0.25, 0.3) is 0 Å². The van der Waals surface area contributed by atoms with E-state index in [1.54, 1.807) is 6.07 Å². The van der Waals surface area contributed by atoms with Crippen molar-refractivity contribution < 1.29 is 17.9 Å². The van der Waals surface area contributed by atoms with Crippen LogP contribution in [0.4, 0.5) is 0 Å². The first-order valence-electron chi connectivity index (χ1n) is 7.20. The highest BCUT2D eigenvalue weighted by atomic mass is 32.2. The summed E-state index contributed by atoms with van der Waals surface area (Å²) in [5.74, 6) is 1.06. The molecule has 0 bridgehead atoms. The molecule has 7 heteroatoms. The molecule has 6 nitrogen and oxygen atoms in total. The lowest BCUT2D eigenvalue weighted by molar-refractivity contribution is 0.174. The van der Waals surface area contributed by atoms with E-state index in [-0.39, 0.29) is 17.7 Å². The van der Waals surface area contributed by atoms with E-state index in [0.717, 1.165) is 13.1 Å².